The SMILES string of the molecule is COc1cc2c(cc1OCCCC(=O)Nc1cc(C(=O)Nc3ccc4sc(C(=O)N5CCSCC5)cc4c3)n(C)c1)N=C[C@@H]1CCCN1C2=O. The normalized spacial score (nSPS) is 16.9. The number of fused-ring (bicyclic) bond motifs is 3. The zero-order valence-electron chi connectivity index (χ0n) is 27.9. The Balaban J connectivity index is 0.917. The van der Waals surface area contributed by atoms with Crippen molar-refractivity contribution in [1.29, 1.82) is 0 Å². The number of nitrogens with one attached hydrogen (secondary N) is 2. The number of benzene rings is 2. The molecule has 2 aromatic carbocycles. The van der Waals surface area contributed by atoms with Crippen molar-refractivity contribution in [2.75, 3.05) is 55.5 Å². The van der Waals surface area contributed by atoms with Crippen LogP contribution in [0, 0.1) is 0 Å². The van der Waals surface area contributed by atoms with Gasteiger partial charge in [0.05, 0.1) is 41.6 Å². The number of amides is 4. The highest BCUT2D eigenvalue weighted by molar-refractivity contribution is 7.99. The van der Waals surface area contributed by atoms with E-state index in [0.29, 0.717) is 57.7 Å². The van der Waals surface area contributed by atoms with E-state index in [-0.39, 0.29) is 42.7 Å². The number of ether oxygens (including phenoxy) is 2. The number of rotatable bonds is 10. The quantitative estimate of drug-likeness (QED) is 0.198. The summed E-state index contributed by atoms with van der Waals surface area (Å²) in [6.45, 7) is 2.49. The molecule has 7 rings (SSSR count). The minimum absolute atomic E-state index is 0.0107. The van der Waals surface area contributed by atoms with Crippen molar-refractivity contribution >= 4 is 80.1 Å². The number of thiophene rings is 1. The Hall–Kier alpha value is -4.82. The van der Waals surface area contributed by atoms with Gasteiger partial charge in [-0.05, 0) is 61.0 Å². The van der Waals surface area contributed by atoms with E-state index in [1.807, 2.05) is 52.0 Å². The molecule has 2 aromatic heterocycles. The lowest BCUT2D eigenvalue weighted by molar-refractivity contribution is -0.116. The van der Waals surface area contributed by atoms with Gasteiger partial charge < -0.3 is 34.5 Å². The first kappa shape index (κ1) is 33.7. The summed E-state index contributed by atoms with van der Waals surface area (Å²) in [6.07, 6.45) is 6.01. The van der Waals surface area contributed by atoms with E-state index in [2.05, 4.69) is 15.6 Å². The fraction of sp³-hybridized carbons (Fsp3) is 0.361. The summed E-state index contributed by atoms with van der Waals surface area (Å²) in [6, 6.07) is 12.5. The van der Waals surface area contributed by atoms with Crippen molar-refractivity contribution in [2.24, 2.45) is 12.0 Å². The highest BCUT2D eigenvalue weighted by atomic mass is 32.2. The summed E-state index contributed by atoms with van der Waals surface area (Å²) < 4.78 is 14.1. The highest BCUT2D eigenvalue weighted by Crippen LogP contribution is 2.38. The summed E-state index contributed by atoms with van der Waals surface area (Å²) in [7, 11) is 3.27. The summed E-state index contributed by atoms with van der Waals surface area (Å²) in [5.74, 6) is 2.28. The molecule has 0 spiro atoms. The maximum Gasteiger partial charge on any atom is 0.272 e. The number of carbonyl (C=O) groups excluding carboxylic acids is 4. The van der Waals surface area contributed by atoms with E-state index in [0.717, 1.165) is 47.5 Å². The number of methoxy groups -OCH3 is 1. The van der Waals surface area contributed by atoms with Gasteiger partial charge in [0.1, 0.15) is 5.69 Å². The fourth-order valence-electron chi connectivity index (χ4n) is 6.46. The van der Waals surface area contributed by atoms with Crippen molar-refractivity contribution in [3.63, 3.8) is 0 Å². The lowest BCUT2D eigenvalue weighted by Gasteiger charge is -2.25. The number of hydrogen-bond acceptors (Lipinski definition) is 9. The predicted molar refractivity (Wildman–Crippen MR) is 197 cm³/mol. The molecular weight excluding hydrogens is 677 g/mol. The van der Waals surface area contributed by atoms with Crippen LogP contribution in [0.4, 0.5) is 17.1 Å². The Morgan fingerprint density at radius 3 is 2.66 bits per heavy atom. The Labute approximate surface area is 297 Å². The predicted octanol–water partition coefficient (Wildman–Crippen LogP) is 5.81. The molecule has 260 valence electrons. The van der Waals surface area contributed by atoms with Crippen LogP contribution in [0.1, 0.15) is 56.2 Å². The number of anilines is 2. The lowest BCUT2D eigenvalue weighted by Crippen LogP contribution is -2.37. The molecule has 0 bridgehead atoms. The molecule has 3 aliphatic rings. The van der Waals surface area contributed by atoms with Crippen molar-refractivity contribution in [2.45, 2.75) is 31.7 Å². The minimum atomic E-state index is -0.320. The summed E-state index contributed by atoms with van der Waals surface area (Å²) in [4.78, 5) is 61.1. The Morgan fingerprint density at radius 2 is 1.84 bits per heavy atom. The molecule has 0 radical (unpaired) electrons. The van der Waals surface area contributed by atoms with Gasteiger partial charge in [-0.2, -0.15) is 11.8 Å². The van der Waals surface area contributed by atoms with Crippen LogP contribution in [-0.4, -0.2) is 95.1 Å². The average molecular weight is 715 g/mol. The molecule has 4 amide bonds. The van der Waals surface area contributed by atoms with E-state index in [9.17, 15) is 19.2 Å². The molecule has 2 fully saturated rings. The van der Waals surface area contributed by atoms with E-state index in [1.165, 1.54) is 18.4 Å². The fourth-order valence-corrected chi connectivity index (χ4v) is 8.38. The Bertz CT molecular complexity index is 2000. The first-order valence-electron chi connectivity index (χ1n) is 16.7. The number of aliphatic imine (C=N–C) groups is 1. The topological polar surface area (TPSA) is 135 Å². The third-order valence-electron chi connectivity index (χ3n) is 9.07. The van der Waals surface area contributed by atoms with Crippen LogP contribution in [0.2, 0.25) is 0 Å². The third-order valence-corrected chi connectivity index (χ3v) is 11.1. The Morgan fingerprint density at radius 1 is 1.00 bits per heavy atom. The van der Waals surface area contributed by atoms with E-state index >= 15 is 0 Å². The van der Waals surface area contributed by atoms with Gasteiger partial charge in [0.25, 0.3) is 17.7 Å². The molecule has 5 heterocycles. The maximum absolute atomic E-state index is 13.2. The van der Waals surface area contributed by atoms with Gasteiger partial charge in [-0.3, -0.25) is 24.2 Å². The highest BCUT2D eigenvalue weighted by Gasteiger charge is 2.32. The van der Waals surface area contributed by atoms with Crippen molar-refractivity contribution in [3.8, 4) is 11.5 Å². The van der Waals surface area contributed by atoms with Gasteiger partial charge in [-0.25, -0.2) is 0 Å². The number of nitrogens with zero attached hydrogens (tertiary/aromatic N) is 4. The third kappa shape index (κ3) is 7.08. The molecule has 3 aliphatic heterocycles. The monoisotopic (exact) mass is 714 g/mol. The van der Waals surface area contributed by atoms with E-state index in [4.69, 9.17) is 9.47 Å². The molecule has 50 heavy (non-hydrogen) atoms. The van der Waals surface area contributed by atoms with Gasteiger partial charge in [0.2, 0.25) is 5.91 Å². The van der Waals surface area contributed by atoms with Crippen molar-refractivity contribution in [3.05, 3.63) is 64.8 Å². The van der Waals surface area contributed by atoms with E-state index < -0.39 is 0 Å². The van der Waals surface area contributed by atoms with Gasteiger partial charge >= 0.3 is 0 Å². The number of aromatic nitrogens is 1. The number of thioether (sulfide) groups is 1. The molecule has 4 aromatic rings. The molecule has 0 unspecified atom stereocenters. The van der Waals surface area contributed by atoms with Crippen LogP contribution < -0.4 is 20.1 Å². The first-order chi connectivity index (χ1) is 24.3. The van der Waals surface area contributed by atoms with Crippen LogP contribution in [0.5, 0.6) is 11.5 Å². The molecule has 0 saturated carbocycles. The van der Waals surface area contributed by atoms with Gasteiger partial charge in [0.15, 0.2) is 11.5 Å². The molecule has 12 nitrogen and oxygen atoms in total. The average Bonchev–Trinajstić information content (AvgIpc) is 3.85. The summed E-state index contributed by atoms with van der Waals surface area (Å²) in [5.41, 5.74) is 2.53. The van der Waals surface area contributed by atoms with Crippen molar-refractivity contribution in [1.82, 2.24) is 14.4 Å². The van der Waals surface area contributed by atoms with Crippen LogP contribution >= 0.6 is 23.1 Å². The molecule has 1 atom stereocenters. The van der Waals surface area contributed by atoms with E-state index in [1.54, 1.807) is 36.0 Å². The van der Waals surface area contributed by atoms with Crippen molar-refractivity contribution < 1.29 is 28.7 Å². The smallest absolute Gasteiger partial charge is 0.272 e. The molecule has 2 N–H and O–H groups in total. The molecule has 2 saturated heterocycles. The second-order valence-electron chi connectivity index (χ2n) is 12.5. The second-order valence-corrected chi connectivity index (χ2v) is 14.8. The molecule has 0 aliphatic carbocycles. The number of carbonyl (C=O) groups is 4. The van der Waals surface area contributed by atoms with Crippen LogP contribution in [0.25, 0.3) is 10.1 Å². The number of aryl methyl sites for hydroxylation is 1. The lowest BCUT2D eigenvalue weighted by atomic mass is 10.1. The zero-order valence-corrected chi connectivity index (χ0v) is 29.5. The van der Waals surface area contributed by atoms with Crippen LogP contribution in [0.15, 0.2) is 53.7 Å². The van der Waals surface area contributed by atoms with Crippen LogP contribution in [-0.2, 0) is 11.8 Å². The Kier molecular flexibility index (Phi) is 9.81. The van der Waals surface area contributed by atoms with Gasteiger partial charge in [-0.15, -0.1) is 11.3 Å². The zero-order chi connectivity index (χ0) is 34.8. The molecular formula is C36H38N6O6S2. The summed E-state index contributed by atoms with van der Waals surface area (Å²) in [5, 5.41) is 6.70. The number of hydrogen-bond donors (Lipinski definition) is 2. The standard InChI is InChI=1S/C36H38N6O6S2/c1-40-21-24(17-28(40)34(44)39-23-7-8-31-22(15-23)16-32(50-31)36(46)41-10-13-49-14-11-41)38-33(43)6-4-12-48-30-19-27-26(18-29(30)47-2)35(45)42-9-3-5-25(42)20-37-27/h7-8,15-21,25H,3-6,9-14H2,1-2H3,(H,38,43)(H,39,44)/t25-/m0/s1. The molecule has 14 heteroatoms. The second kappa shape index (κ2) is 14.6. The minimum Gasteiger partial charge on any atom is -0.493 e. The van der Waals surface area contributed by atoms with Crippen LogP contribution in [0.3, 0.4) is 0 Å². The van der Waals surface area contributed by atoms with Gasteiger partial charge in [-0.1, -0.05) is 0 Å². The maximum atomic E-state index is 13.2. The first-order valence-corrected chi connectivity index (χ1v) is 18.6. The largest absolute Gasteiger partial charge is 0.493 e. The van der Waals surface area contributed by atoms with Gasteiger partial charge in [0, 0.05) is 73.5 Å². The summed E-state index contributed by atoms with van der Waals surface area (Å²) >= 11 is 3.33.